The van der Waals surface area contributed by atoms with Crippen LogP contribution in [-0.4, -0.2) is 43.7 Å². The molecule has 0 saturated carbocycles. The molecular formula is C11H17N3O. The van der Waals surface area contributed by atoms with Gasteiger partial charge in [0, 0.05) is 25.7 Å². The van der Waals surface area contributed by atoms with E-state index in [1.54, 1.807) is 7.11 Å². The van der Waals surface area contributed by atoms with Gasteiger partial charge in [-0.25, -0.2) is 4.98 Å². The van der Waals surface area contributed by atoms with Gasteiger partial charge in [-0.15, -0.1) is 0 Å². The molecule has 0 bridgehead atoms. The Kier molecular flexibility index (Phi) is 3.18. The minimum atomic E-state index is 0.355. The molecule has 15 heavy (non-hydrogen) atoms. The molecule has 2 heterocycles. The summed E-state index contributed by atoms with van der Waals surface area (Å²) < 4.78 is 5.13. The van der Waals surface area contributed by atoms with Gasteiger partial charge in [-0.3, -0.25) is 4.90 Å². The van der Waals surface area contributed by atoms with Gasteiger partial charge in [0.25, 0.3) is 0 Å². The predicted octanol–water partition coefficient (Wildman–Crippen LogP) is 0.666. The quantitative estimate of drug-likeness (QED) is 0.773. The Morgan fingerprint density at radius 3 is 3.13 bits per heavy atom. The van der Waals surface area contributed by atoms with Crippen LogP contribution in [0.4, 0.5) is 0 Å². The van der Waals surface area contributed by atoms with E-state index in [-0.39, 0.29) is 0 Å². The largest absolute Gasteiger partial charge is 0.481 e. The molecule has 1 aromatic heterocycles. The Balaban J connectivity index is 2.19. The maximum absolute atomic E-state index is 5.13. The molecule has 1 aliphatic rings. The molecule has 1 fully saturated rings. The van der Waals surface area contributed by atoms with Gasteiger partial charge in [0.15, 0.2) is 0 Å². The summed E-state index contributed by atoms with van der Waals surface area (Å²) >= 11 is 0. The van der Waals surface area contributed by atoms with E-state index in [1.165, 1.54) is 0 Å². The second kappa shape index (κ2) is 4.59. The maximum Gasteiger partial charge on any atom is 0.213 e. The second-order valence-corrected chi connectivity index (χ2v) is 3.81. The van der Waals surface area contributed by atoms with Crippen LogP contribution in [0.1, 0.15) is 11.7 Å². The van der Waals surface area contributed by atoms with E-state index < -0.39 is 0 Å². The lowest BCUT2D eigenvalue weighted by atomic mass is 10.1. The number of nitrogens with one attached hydrogen (secondary N) is 1. The summed E-state index contributed by atoms with van der Waals surface area (Å²) in [7, 11) is 3.78. The van der Waals surface area contributed by atoms with E-state index in [0.29, 0.717) is 11.9 Å². The molecule has 4 nitrogen and oxygen atoms in total. The SMILES string of the molecule is COc1cccc(C2CNCCN2C)n1. The molecule has 1 N–H and O–H groups in total. The van der Waals surface area contributed by atoms with Crippen LogP contribution < -0.4 is 10.1 Å². The van der Waals surface area contributed by atoms with Crippen molar-refractivity contribution in [3.63, 3.8) is 0 Å². The van der Waals surface area contributed by atoms with Crippen LogP contribution in [0.15, 0.2) is 18.2 Å². The third-order valence-electron chi connectivity index (χ3n) is 2.81. The lowest BCUT2D eigenvalue weighted by Crippen LogP contribution is -2.44. The van der Waals surface area contributed by atoms with Gasteiger partial charge >= 0.3 is 0 Å². The van der Waals surface area contributed by atoms with Crippen molar-refractivity contribution in [2.24, 2.45) is 0 Å². The number of ether oxygens (including phenoxy) is 1. The van der Waals surface area contributed by atoms with Gasteiger partial charge in [-0.2, -0.15) is 0 Å². The topological polar surface area (TPSA) is 37.4 Å². The molecule has 0 amide bonds. The number of nitrogens with zero attached hydrogens (tertiary/aromatic N) is 2. The van der Waals surface area contributed by atoms with Crippen LogP contribution in [0, 0.1) is 0 Å². The average Bonchev–Trinajstić information content (AvgIpc) is 2.30. The number of hydrogen-bond acceptors (Lipinski definition) is 4. The molecule has 4 heteroatoms. The Hall–Kier alpha value is -1.13. The van der Waals surface area contributed by atoms with Crippen LogP contribution >= 0.6 is 0 Å². The maximum atomic E-state index is 5.13. The summed E-state index contributed by atoms with van der Waals surface area (Å²) in [6, 6.07) is 6.27. The fourth-order valence-corrected chi connectivity index (χ4v) is 1.87. The zero-order chi connectivity index (χ0) is 10.7. The first-order chi connectivity index (χ1) is 7.31. The molecule has 0 radical (unpaired) electrons. The zero-order valence-corrected chi connectivity index (χ0v) is 9.23. The normalized spacial score (nSPS) is 22.7. The number of methoxy groups -OCH3 is 1. The summed E-state index contributed by atoms with van der Waals surface area (Å²) in [6.45, 7) is 3.07. The van der Waals surface area contributed by atoms with Crippen LogP contribution in [0.5, 0.6) is 5.88 Å². The van der Waals surface area contributed by atoms with Crippen molar-refractivity contribution >= 4 is 0 Å². The molecule has 82 valence electrons. The van der Waals surface area contributed by atoms with E-state index in [0.717, 1.165) is 25.3 Å². The molecule has 0 aliphatic carbocycles. The highest BCUT2D eigenvalue weighted by Gasteiger charge is 2.21. The third-order valence-corrected chi connectivity index (χ3v) is 2.81. The minimum Gasteiger partial charge on any atom is -0.481 e. The van der Waals surface area contributed by atoms with Crippen molar-refractivity contribution < 1.29 is 4.74 Å². The highest BCUT2D eigenvalue weighted by molar-refractivity contribution is 5.18. The van der Waals surface area contributed by atoms with Crippen LogP contribution in [-0.2, 0) is 0 Å². The number of pyridine rings is 1. The Labute approximate surface area is 90.3 Å². The number of aromatic nitrogens is 1. The molecular weight excluding hydrogens is 190 g/mol. The van der Waals surface area contributed by atoms with Crippen LogP contribution in [0.25, 0.3) is 0 Å². The average molecular weight is 207 g/mol. The van der Waals surface area contributed by atoms with Gasteiger partial charge < -0.3 is 10.1 Å². The highest BCUT2D eigenvalue weighted by Crippen LogP contribution is 2.20. The first-order valence-electron chi connectivity index (χ1n) is 5.23. The number of likely N-dealkylation sites (N-methyl/N-ethyl adjacent to an activating group) is 1. The zero-order valence-electron chi connectivity index (χ0n) is 9.23. The molecule has 1 aliphatic heterocycles. The van der Waals surface area contributed by atoms with E-state index >= 15 is 0 Å². The summed E-state index contributed by atoms with van der Waals surface area (Å²) in [5.74, 6) is 0.687. The fraction of sp³-hybridized carbons (Fsp3) is 0.545. The Bertz CT molecular complexity index is 329. The first-order valence-corrected chi connectivity index (χ1v) is 5.23. The molecule has 2 rings (SSSR count). The van der Waals surface area contributed by atoms with Crippen molar-refractivity contribution in [1.29, 1.82) is 0 Å². The summed E-state index contributed by atoms with van der Waals surface area (Å²) in [5, 5.41) is 3.38. The monoisotopic (exact) mass is 207 g/mol. The van der Waals surface area contributed by atoms with Crippen molar-refractivity contribution in [2.45, 2.75) is 6.04 Å². The van der Waals surface area contributed by atoms with Crippen LogP contribution in [0.2, 0.25) is 0 Å². The van der Waals surface area contributed by atoms with Gasteiger partial charge in [0.2, 0.25) is 5.88 Å². The molecule has 1 aromatic rings. The van der Waals surface area contributed by atoms with E-state index in [4.69, 9.17) is 4.74 Å². The molecule has 1 saturated heterocycles. The molecule has 0 spiro atoms. The van der Waals surface area contributed by atoms with E-state index in [1.807, 2.05) is 12.1 Å². The molecule has 0 aromatic carbocycles. The van der Waals surface area contributed by atoms with Crippen molar-refractivity contribution in [1.82, 2.24) is 15.2 Å². The van der Waals surface area contributed by atoms with Gasteiger partial charge in [0.1, 0.15) is 0 Å². The van der Waals surface area contributed by atoms with E-state index in [9.17, 15) is 0 Å². The highest BCUT2D eigenvalue weighted by atomic mass is 16.5. The summed E-state index contributed by atoms with van der Waals surface area (Å²) in [6.07, 6.45) is 0. The van der Waals surface area contributed by atoms with Gasteiger partial charge in [0.05, 0.1) is 18.8 Å². The number of rotatable bonds is 2. The smallest absolute Gasteiger partial charge is 0.213 e. The van der Waals surface area contributed by atoms with Gasteiger partial charge in [-0.05, 0) is 13.1 Å². The Morgan fingerprint density at radius 1 is 1.53 bits per heavy atom. The summed E-state index contributed by atoms with van der Waals surface area (Å²) in [4.78, 5) is 6.78. The fourth-order valence-electron chi connectivity index (χ4n) is 1.87. The standard InChI is InChI=1S/C11H17N3O/c1-14-7-6-12-8-10(14)9-4-3-5-11(13-9)15-2/h3-5,10,12H,6-8H2,1-2H3. The second-order valence-electron chi connectivity index (χ2n) is 3.81. The molecule has 1 unspecified atom stereocenters. The lowest BCUT2D eigenvalue weighted by Gasteiger charge is -2.32. The van der Waals surface area contributed by atoms with E-state index in [2.05, 4.69) is 28.3 Å². The first kappa shape index (κ1) is 10.4. The minimum absolute atomic E-state index is 0.355. The van der Waals surface area contributed by atoms with Gasteiger partial charge in [-0.1, -0.05) is 6.07 Å². The number of hydrogen-bond donors (Lipinski definition) is 1. The Morgan fingerprint density at radius 2 is 2.40 bits per heavy atom. The van der Waals surface area contributed by atoms with Crippen LogP contribution in [0.3, 0.4) is 0 Å². The third kappa shape index (κ3) is 2.27. The molecule has 1 atom stereocenters. The van der Waals surface area contributed by atoms with Crippen molar-refractivity contribution in [3.8, 4) is 5.88 Å². The number of piperazine rings is 1. The lowest BCUT2D eigenvalue weighted by molar-refractivity contribution is 0.197. The summed E-state index contributed by atoms with van der Waals surface area (Å²) in [5.41, 5.74) is 1.07. The van der Waals surface area contributed by atoms with Crippen molar-refractivity contribution in [2.75, 3.05) is 33.8 Å². The predicted molar refractivity (Wildman–Crippen MR) is 59.0 cm³/mol. The van der Waals surface area contributed by atoms with Crippen molar-refractivity contribution in [3.05, 3.63) is 23.9 Å².